The van der Waals surface area contributed by atoms with E-state index in [2.05, 4.69) is 49.0 Å². The van der Waals surface area contributed by atoms with E-state index in [4.69, 9.17) is 19.3 Å². The number of amides is 4. The number of hydrogen-bond donors (Lipinski definition) is 5. The molecule has 0 radical (unpaired) electrons. The summed E-state index contributed by atoms with van der Waals surface area (Å²) in [6, 6.07) is -1.30. The number of aliphatic carboxylic acids is 1. The van der Waals surface area contributed by atoms with Gasteiger partial charge in [0.25, 0.3) is 11.8 Å². The fourth-order valence-corrected chi connectivity index (χ4v) is 4.34. The SMILES string of the molecule is CC(C)CCNC(=O)C(CC(C)C)NC(=O)C1OC1C(=O)O.CCOC(=O)[C@@H]1O[C@H]1C(=O)N[C@H](CC(C)C)C(=O)NCCC(C)C. The Morgan fingerprint density at radius 2 is 1.02 bits per heavy atom. The molecule has 0 aromatic carbocycles. The number of ether oxygens (including phenoxy) is 3. The van der Waals surface area contributed by atoms with Gasteiger partial charge in [-0.05, 0) is 56.3 Å². The molecule has 46 heavy (non-hydrogen) atoms. The average Bonchev–Trinajstić information content (AvgIpc) is 3.85. The number of epoxide rings is 2. The van der Waals surface area contributed by atoms with Crippen molar-refractivity contribution in [3.8, 4) is 0 Å². The molecule has 0 aliphatic carbocycles. The molecular formula is C32H56N4O10. The molecule has 0 aromatic heterocycles. The van der Waals surface area contributed by atoms with Gasteiger partial charge in [-0.1, -0.05) is 55.4 Å². The van der Waals surface area contributed by atoms with Gasteiger partial charge >= 0.3 is 11.9 Å². The van der Waals surface area contributed by atoms with Gasteiger partial charge in [0.15, 0.2) is 24.4 Å². The summed E-state index contributed by atoms with van der Waals surface area (Å²) >= 11 is 0. The van der Waals surface area contributed by atoms with Crippen LogP contribution in [0.4, 0.5) is 0 Å². The summed E-state index contributed by atoms with van der Waals surface area (Å²) in [5, 5.41) is 19.7. The second-order valence-electron chi connectivity index (χ2n) is 13.4. The molecule has 264 valence electrons. The normalized spacial score (nSPS) is 21.1. The third-order valence-electron chi connectivity index (χ3n) is 6.98. The van der Waals surface area contributed by atoms with E-state index in [1.807, 2.05) is 27.7 Å². The molecule has 2 heterocycles. The Balaban J connectivity index is 0.000000462. The van der Waals surface area contributed by atoms with Crippen LogP contribution in [0.1, 0.15) is 88.0 Å². The van der Waals surface area contributed by atoms with Crippen molar-refractivity contribution in [3.05, 3.63) is 0 Å². The third kappa shape index (κ3) is 15.8. The van der Waals surface area contributed by atoms with Gasteiger partial charge in [0.1, 0.15) is 12.1 Å². The molecule has 14 nitrogen and oxygen atoms in total. The molecule has 2 fully saturated rings. The molecule has 4 amide bonds. The molecule has 6 atom stereocenters. The van der Waals surface area contributed by atoms with Crippen LogP contribution in [0.15, 0.2) is 0 Å². The lowest BCUT2D eigenvalue weighted by molar-refractivity contribution is -0.144. The quantitative estimate of drug-likeness (QED) is 0.100. The van der Waals surface area contributed by atoms with Gasteiger partial charge in [0.2, 0.25) is 11.8 Å². The number of carbonyl (C=O) groups is 6. The zero-order valence-corrected chi connectivity index (χ0v) is 28.8. The maximum absolute atomic E-state index is 12.3. The zero-order valence-electron chi connectivity index (χ0n) is 28.8. The van der Waals surface area contributed by atoms with Crippen molar-refractivity contribution in [3.63, 3.8) is 0 Å². The maximum atomic E-state index is 12.3. The summed E-state index contributed by atoms with van der Waals surface area (Å²) < 4.78 is 14.7. The van der Waals surface area contributed by atoms with Crippen molar-refractivity contribution in [2.45, 2.75) is 124 Å². The minimum atomic E-state index is -1.16. The van der Waals surface area contributed by atoms with Crippen LogP contribution in [0.3, 0.4) is 0 Å². The summed E-state index contributed by atoms with van der Waals surface area (Å²) in [4.78, 5) is 70.8. The lowest BCUT2D eigenvalue weighted by Crippen LogP contribution is -2.49. The van der Waals surface area contributed by atoms with Crippen LogP contribution in [0.5, 0.6) is 0 Å². The summed E-state index contributed by atoms with van der Waals surface area (Å²) in [6.45, 7) is 19.2. The van der Waals surface area contributed by atoms with Gasteiger partial charge in [0.05, 0.1) is 6.61 Å². The van der Waals surface area contributed by atoms with Crippen LogP contribution >= 0.6 is 0 Å². The van der Waals surface area contributed by atoms with Crippen molar-refractivity contribution in [1.82, 2.24) is 21.3 Å². The molecule has 2 aliphatic heterocycles. The predicted molar refractivity (Wildman–Crippen MR) is 169 cm³/mol. The monoisotopic (exact) mass is 656 g/mol. The van der Waals surface area contributed by atoms with E-state index in [0.717, 1.165) is 12.8 Å². The number of nitrogens with one attached hydrogen (secondary N) is 4. The zero-order chi connectivity index (χ0) is 35.1. The first-order chi connectivity index (χ1) is 21.5. The van der Waals surface area contributed by atoms with Crippen LogP contribution in [-0.4, -0.2) is 96.9 Å². The minimum Gasteiger partial charge on any atom is -0.479 e. The molecule has 0 bridgehead atoms. The number of rotatable bonds is 19. The average molecular weight is 657 g/mol. The Morgan fingerprint density at radius 1 is 0.630 bits per heavy atom. The Morgan fingerprint density at radius 3 is 1.35 bits per heavy atom. The third-order valence-corrected chi connectivity index (χ3v) is 6.98. The van der Waals surface area contributed by atoms with Crippen molar-refractivity contribution >= 4 is 35.6 Å². The fourth-order valence-electron chi connectivity index (χ4n) is 4.34. The van der Waals surface area contributed by atoms with E-state index in [9.17, 15) is 28.8 Å². The van der Waals surface area contributed by atoms with Crippen molar-refractivity contribution in [1.29, 1.82) is 0 Å². The number of carboxylic acid groups (broad SMARTS) is 1. The van der Waals surface area contributed by atoms with Crippen LogP contribution in [-0.2, 0) is 43.0 Å². The lowest BCUT2D eigenvalue weighted by Gasteiger charge is -2.20. The van der Waals surface area contributed by atoms with Gasteiger partial charge in [-0.3, -0.25) is 19.2 Å². The highest BCUT2D eigenvalue weighted by atomic mass is 16.6. The highest BCUT2D eigenvalue weighted by Crippen LogP contribution is 2.24. The Bertz CT molecular complexity index is 1030. The number of carbonyl (C=O) groups excluding carboxylic acids is 5. The van der Waals surface area contributed by atoms with E-state index in [-0.39, 0.29) is 30.3 Å². The highest BCUT2D eigenvalue weighted by molar-refractivity contribution is 5.96. The Kier molecular flexibility index (Phi) is 17.8. The summed E-state index contributed by atoms with van der Waals surface area (Å²) in [6.07, 6.45) is -1.04. The smallest absolute Gasteiger partial charge is 0.338 e. The van der Waals surface area contributed by atoms with Crippen molar-refractivity contribution in [2.24, 2.45) is 23.7 Å². The first kappa shape index (κ1) is 40.8. The number of carboxylic acids is 1. The number of hydrogen-bond acceptors (Lipinski definition) is 9. The van der Waals surface area contributed by atoms with Crippen molar-refractivity contribution < 1.29 is 48.1 Å². The van der Waals surface area contributed by atoms with Gasteiger partial charge < -0.3 is 40.6 Å². The molecule has 2 aliphatic rings. The standard InChI is InChI=1S/C17H30N2O5.C15H26N2O5/c1-6-23-17(22)14-13(24-14)16(21)19-12(9-11(4)5)15(20)18-8-7-10(2)3;1-8(2)5-6-16-13(18)10(7-9(3)4)17-14(19)11-12(22-11)15(20)21/h10-14H,6-9H2,1-5H3,(H,18,20)(H,19,21);8-12H,5-7H2,1-4H3,(H,16,18)(H,17,19)(H,20,21)/t12-,13-,14-;/m1./s1. The predicted octanol–water partition coefficient (Wildman–Crippen LogP) is 1.54. The summed E-state index contributed by atoms with van der Waals surface area (Å²) in [5.74, 6) is -1.70. The number of esters is 1. The summed E-state index contributed by atoms with van der Waals surface area (Å²) in [7, 11) is 0. The Hall–Kier alpha value is -3.26. The minimum absolute atomic E-state index is 0.203. The van der Waals surface area contributed by atoms with Gasteiger partial charge in [-0.15, -0.1) is 0 Å². The van der Waals surface area contributed by atoms with Crippen molar-refractivity contribution in [2.75, 3.05) is 19.7 Å². The summed E-state index contributed by atoms with van der Waals surface area (Å²) in [5.41, 5.74) is 0. The van der Waals surface area contributed by atoms with E-state index in [1.165, 1.54) is 0 Å². The van der Waals surface area contributed by atoms with Gasteiger partial charge in [-0.2, -0.15) is 0 Å². The molecule has 2 saturated heterocycles. The van der Waals surface area contributed by atoms with E-state index in [0.29, 0.717) is 37.8 Å². The van der Waals surface area contributed by atoms with Crippen LogP contribution in [0.25, 0.3) is 0 Å². The molecule has 0 aromatic rings. The molecule has 3 unspecified atom stereocenters. The van der Waals surface area contributed by atoms with Crippen LogP contribution in [0.2, 0.25) is 0 Å². The lowest BCUT2D eigenvalue weighted by atomic mass is 10.0. The first-order valence-electron chi connectivity index (χ1n) is 16.3. The van der Waals surface area contributed by atoms with Gasteiger partial charge in [0, 0.05) is 13.1 Å². The van der Waals surface area contributed by atoms with Crippen LogP contribution < -0.4 is 21.3 Å². The second kappa shape index (κ2) is 20.1. The van der Waals surface area contributed by atoms with Crippen LogP contribution in [0, 0.1) is 23.7 Å². The van der Waals surface area contributed by atoms with E-state index < -0.39 is 60.3 Å². The molecule has 14 heteroatoms. The van der Waals surface area contributed by atoms with E-state index in [1.54, 1.807) is 6.92 Å². The molecule has 0 saturated carbocycles. The molecular weight excluding hydrogens is 600 g/mol. The molecule has 2 rings (SSSR count). The maximum Gasteiger partial charge on any atom is 0.338 e. The molecule has 0 spiro atoms. The first-order valence-corrected chi connectivity index (χ1v) is 16.3. The Labute approximate surface area is 272 Å². The fraction of sp³-hybridized carbons (Fsp3) is 0.812. The largest absolute Gasteiger partial charge is 0.479 e. The molecule has 5 N–H and O–H groups in total. The van der Waals surface area contributed by atoms with Gasteiger partial charge in [-0.25, -0.2) is 9.59 Å². The second-order valence-corrected chi connectivity index (χ2v) is 13.4. The van der Waals surface area contributed by atoms with E-state index >= 15 is 0 Å². The topological polar surface area (TPSA) is 205 Å². The highest BCUT2D eigenvalue weighted by Gasteiger charge is 2.52.